The maximum atomic E-state index is 6.25. The van der Waals surface area contributed by atoms with Crippen LogP contribution in [0.2, 0.25) is 0 Å². The quantitative estimate of drug-likeness (QED) is 0.808. The zero-order valence-corrected chi connectivity index (χ0v) is 15.3. The molecule has 0 radical (unpaired) electrons. The summed E-state index contributed by atoms with van der Waals surface area (Å²) in [7, 11) is 4.16. The van der Waals surface area contributed by atoms with Gasteiger partial charge in [-0.15, -0.1) is 24.8 Å². The van der Waals surface area contributed by atoms with E-state index in [1.165, 1.54) is 37.7 Å². The van der Waals surface area contributed by atoms with E-state index in [9.17, 15) is 0 Å². The van der Waals surface area contributed by atoms with Crippen LogP contribution in [0.3, 0.4) is 0 Å². The van der Waals surface area contributed by atoms with Crippen molar-refractivity contribution in [2.24, 2.45) is 0 Å². The fourth-order valence-corrected chi connectivity index (χ4v) is 2.78. The van der Waals surface area contributed by atoms with Gasteiger partial charge in [0.2, 0.25) is 0 Å². The zero-order valence-electron chi connectivity index (χ0n) is 13.7. The molecule has 0 saturated heterocycles. The van der Waals surface area contributed by atoms with E-state index in [-0.39, 0.29) is 24.8 Å². The number of ether oxygens (including phenoxy) is 1. The van der Waals surface area contributed by atoms with Crippen molar-refractivity contribution >= 4 is 24.8 Å². The highest BCUT2D eigenvalue weighted by Crippen LogP contribution is 2.26. The Labute approximate surface area is 147 Å². The predicted octanol–water partition coefficient (Wildman–Crippen LogP) is 3.89. The lowest BCUT2D eigenvalue weighted by molar-refractivity contribution is 0.152. The maximum Gasteiger partial charge on any atom is 0.124 e. The van der Waals surface area contributed by atoms with E-state index in [1.807, 2.05) is 7.05 Å². The van der Waals surface area contributed by atoms with Gasteiger partial charge in [0.1, 0.15) is 5.75 Å². The van der Waals surface area contributed by atoms with Crippen LogP contribution in [0.15, 0.2) is 24.3 Å². The van der Waals surface area contributed by atoms with Crippen molar-refractivity contribution in [3.8, 4) is 5.75 Å². The summed E-state index contributed by atoms with van der Waals surface area (Å²) in [4.78, 5) is 2.33. The Morgan fingerprint density at radius 1 is 1.14 bits per heavy atom. The van der Waals surface area contributed by atoms with Gasteiger partial charge in [0.15, 0.2) is 0 Å². The zero-order chi connectivity index (χ0) is 14.2. The molecule has 1 aliphatic carbocycles. The molecular weight excluding hydrogens is 319 g/mol. The highest BCUT2D eigenvalue weighted by molar-refractivity contribution is 5.85. The molecule has 3 nitrogen and oxygen atoms in total. The number of rotatable bonds is 7. The number of nitrogens with zero attached hydrogens (tertiary/aromatic N) is 1. The second-order valence-electron chi connectivity index (χ2n) is 5.83. The number of halogens is 2. The first kappa shape index (κ1) is 21.5. The van der Waals surface area contributed by atoms with Gasteiger partial charge in [-0.05, 0) is 45.8 Å². The number of hydrogen-bond acceptors (Lipinski definition) is 3. The van der Waals surface area contributed by atoms with E-state index in [2.05, 4.69) is 41.5 Å². The molecule has 1 fully saturated rings. The molecule has 1 aliphatic rings. The minimum absolute atomic E-state index is 0. The molecule has 22 heavy (non-hydrogen) atoms. The van der Waals surface area contributed by atoms with Crippen molar-refractivity contribution in [1.29, 1.82) is 0 Å². The maximum absolute atomic E-state index is 6.25. The van der Waals surface area contributed by atoms with Crippen LogP contribution in [0, 0.1) is 0 Å². The van der Waals surface area contributed by atoms with Crippen molar-refractivity contribution in [2.45, 2.75) is 44.8 Å². The smallest absolute Gasteiger partial charge is 0.124 e. The fourth-order valence-electron chi connectivity index (χ4n) is 2.78. The second-order valence-corrected chi connectivity index (χ2v) is 5.83. The third-order valence-electron chi connectivity index (χ3n) is 4.00. The van der Waals surface area contributed by atoms with E-state index in [0.29, 0.717) is 6.10 Å². The van der Waals surface area contributed by atoms with Gasteiger partial charge in [0, 0.05) is 25.2 Å². The summed E-state index contributed by atoms with van der Waals surface area (Å²) in [5.74, 6) is 1.08. The van der Waals surface area contributed by atoms with Crippen LogP contribution >= 0.6 is 24.8 Å². The molecular formula is C17H30Cl2N2O. The van der Waals surface area contributed by atoms with Crippen LogP contribution in [-0.2, 0) is 6.54 Å². The Balaban J connectivity index is 0.00000220. The van der Waals surface area contributed by atoms with Gasteiger partial charge in [-0.2, -0.15) is 0 Å². The van der Waals surface area contributed by atoms with Crippen LogP contribution in [0.4, 0.5) is 0 Å². The average molecular weight is 349 g/mol. The van der Waals surface area contributed by atoms with E-state index in [1.54, 1.807) is 0 Å². The second kappa shape index (κ2) is 12.0. The first-order chi connectivity index (χ1) is 9.79. The minimum Gasteiger partial charge on any atom is -0.490 e. The first-order valence-electron chi connectivity index (χ1n) is 7.87. The summed E-state index contributed by atoms with van der Waals surface area (Å²) >= 11 is 0. The average Bonchev–Trinajstić information content (AvgIpc) is 2.48. The monoisotopic (exact) mass is 348 g/mol. The van der Waals surface area contributed by atoms with E-state index in [4.69, 9.17) is 4.74 Å². The number of benzene rings is 1. The topological polar surface area (TPSA) is 24.5 Å². The minimum atomic E-state index is 0. The van der Waals surface area contributed by atoms with Gasteiger partial charge in [0.05, 0.1) is 6.10 Å². The summed E-state index contributed by atoms with van der Waals surface area (Å²) < 4.78 is 6.25. The van der Waals surface area contributed by atoms with Gasteiger partial charge >= 0.3 is 0 Å². The first-order valence-corrected chi connectivity index (χ1v) is 7.87. The summed E-state index contributed by atoms with van der Waals surface area (Å²) in [6.45, 7) is 3.01. The Morgan fingerprint density at radius 3 is 2.50 bits per heavy atom. The Kier molecular flexibility index (Phi) is 11.7. The van der Waals surface area contributed by atoms with E-state index >= 15 is 0 Å². The molecule has 1 saturated carbocycles. The lowest BCUT2D eigenvalue weighted by Gasteiger charge is -2.25. The molecule has 0 spiro atoms. The molecule has 0 heterocycles. The van der Waals surface area contributed by atoms with Crippen LogP contribution in [0.5, 0.6) is 5.75 Å². The molecule has 0 bridgehead atoms. The molecule has 128 valence electrons. The van der Waals surface area contributed by atoms with Gasteiger partial charge in [-0.3, -0.25) is 0 Å². The molecule has 1 N–H and O–H groups in total. The predicted molar refractivity (Wildman–Crippen MR) is 98.7 cm³/mol. The molecule has 1 aromatic rings. The molecule has 0 aromatic heterocycles. The highest BCUT2D eigenvalue weighted by atomic mass is 35.5. The Morgan fingerprint density at radius 2 is 1.82 bits per heavy atom. The number of nitrogens with one attached hydrogen (secondary N) is 1. The summed E-state index contributed by atoms with van der Waals surface area (Å²) in [5.41, 5.74) is 1.30. The number of likely N-dealkylation sites (N-methyl/N-ethyl adjacent to an activating group) is 2. The summed E-state index contributed by atoms with van der Waals surface area (Å²) in [6.07, 6.45) is 6.85. The van der Waals surface area contributed by atoms with Gasteiger partial charge in [-0.1, -0.05) is 24.6 Å². The van der Waals surface area contributed by atoms with Crippen molar-refractivity contribution in [2.75, 3.05) is 27.2 Å². The van der Waals surface area contributed by atoms with Crippen LogP contribution < -0.4 is 10.1 Å². The van der Waals surface area contributed by atoms with Gasteiger partial charge in [0.25, 0.3) is 0 Å². The van der Waals surface area contributed by atoms with Crippen molar-refractivity contribution < 1.29 is 4.74 Å². The third kappa shape index (κ3) is 7.19. The lowest BCUT2D eigenvalue weighted by Crippen LogP contribution is -2.27. The molecule has 1 aromatic carbocycles. The Bertz CT molecular complexity index is 398. The summed E-state index contributed by atoms with van der Waals surface area (Å²) in [5, 5.41) is 3.19. The third-order valence-corrected chi connectivity index (χ3v) is 4.00. The molecule has 0 unspecified atom stereocenters. The van der Waals surface area contributed by atoms with E-state index < -0.39 is 0 Å². The molecule has 2 rings (SSSR count). The Hall–Kier alpha value is -0.480. The largest absolute Gasteiger partial charge is 0.490 e. The van der Waals surface area contributed by atoms with E-state index in [0.717, 1.165) is 25.4 Å². The van der Waals surface area contributed by atoms with Crippen molar-refractivity contribution in [3.05, 3.63) is 29.8 Å². The molecule has 0 amide bonds. The van der Waals surface area contributed by atoms with Crippen molar-refractivity contribution in [1.82, 2.24) is 10.2 Å². The molecule has 5 heteroatoms. The number of para-hydroxylation sites is 1. The van der Waals surface area contributed by atoms with Crippen LogP contribution in [0.1, 0.15) is 37.7 Å². The normalized spacial score (nSPS) is 15.0. The van der Waals surface area contributed by atoms with Crippen molar-refractivity contribution in [3.63, 3.8) is 0 Å². The molecule has 0 atom stereocenters. The van der Waals surface area contributed by atoms with Crippen LogP contribution in [-0.4, -0.2) is 38.2 Å². The highest BCUT2D eigenvalue weighted by Gasteiger charge is 2.16. The van der Waals surface area contributed by atoms with Crippen LogP contribution in [0.25, 0.3) is 0 Å². The SMILES string of the molecule is CNCCN(C)Cc1ccccc1OC1CCCCC1.Cl.Cl. The lowest BCUT2D eigenvalue weighted by atomic mass is 9.97. The van der Waals surface area contributed by atoms with Gasteiger partial charge in [-0.25, -0.2) is 0 Å². The summed E-state index contributed by atoms with van der Waals surface area (Å²) in [6, 6.07) is 8.49. The van der Waals surface area contributed by atoms with Gasteiger partial charge < -0.3 is 15.0 Å². The fraction of sp³-hybridized carbons (Fsp3) is 0.647. The number of hydrogen-bond donors (Lipinski definition) is 1. The standard InChI is InChI=1S/C17H28N2O.2ClH/c1-18-12-13-19(2)14-15-8-6-7-11-17(15)20-16-9-4-3-5-10-16;;/h6-8,11,16,18H,3-5,9-10,12-14H2,1-2H3;2*1H. The molecule has 0 aliphatic heterocycles.